The van der Waals surface area contributed by atoms with E-state index in [2.05, 4.69) is 0 Å². The van der Waals surface area contributed by atoms with E-state index >= 15 is 0 Å². The van der Waals surface area contributed by atoms with E-state index in [1.54, 1.807) is 66.0 Å². The summed E-state index contributed by atoms with van der Waals surface area (Å²) in [4.78, 5) is 24.7. The number of benzene rings is 1. The topological polar surface area (TPSA) is 70.6 Å². The molecule has 0 aliphatic carbocycles. The summed E-state index contributed by atoms with van der Waals surface area (Å²) in [5, 5.41) is 0. The number of carbonyl (C=O) groups is 2. The molecule has 2 rings (SSSR count). The Bertz CT molecular complexity index is 699. The monoisotopic (exact) mass is 347 g/mol. The minimum Gasteiger partial charge on any atom is -0.442 e. The molecule has 0 N–H and O–H groups in total. The van der Waals surface area contributed by atoms with Crippen molar-refractivity contribution in [1.82, 2.24) is 4.57 Å². The molecule has 7 nitrogen and oxygen atoms in total. The average molecular weight is 347 g/mol. The van der Waals surface area contributed by atoms with Crippen molar-refractivity contribution < 1.29 is 28.4 Å². The highest BCUT2D eigenvalue weighted by Crippen LogP contribution is 2.20. The van der Waals surface area contributed by atoms with Crippen molar-refractivity contribution in [3.63, 3.8) is 0 Å². The van der Waals surface area contributed by atoms with Crippen LogP contribution in [0.1, 0.15) is 25.5 Å². The third kappa shape index (κ3) is 5.72. The quantitative estimate of drug-likeness (QED) is 0.411. The molecule has 1 aromatic carbocycles. The summed E-state index contributed by atoms with van der Waals surface area (Å²) in [5.74, 6) is -1.20. The van der Waals surface area contributed by atoms with Gasteiger partial charge in [0.05, 0.1) is 7.05 Å². The average Bonchev–Trinajstić information content (AvgIpc) is 2.98. The molecule has 0 amide bonds. The molecule has 1 aromatic heterocycles. The number of rotatable bonds is 8. The minimum atomic E-state index is -1.14. The molecule has 0 spiro atoms. The summed E-state index contributed by atoms with van der Waals surface area (Å²) in [6.45, 7) is 3.83. The first-order valence-corrected chi connectivity index (χ1v) is 8.07. The van der Waals surface area contributed by atoms with Crippen molar-refractivity contribution in [2.24, 2.45) is 7.05 Å². The van der Waals surface area contributed by atoms with Gasteiger partial charge in [-0.25, -0.2) is 18.7 Å². The first kappa shape index (κ1) is 18.7. The molecule has 2 aromatic rings. The van der Waals surface area contributed by atoms with Crippen molar-refractivity contribution in [1.29, 1.82) is 0 Å². The highest BCUT2D eigenvalue weighted by Gasteiger charge is 2.28. The van der Waals surface area contributed by atoms with Crippen LogP contribution in [0.4, 0.5) is 0 Å². The molecule has 0 aliphatic heterocycles. The normalized spacial score (nSPS) is 13.1. The molecular formula is C18H23N2O5+. The van der Waals surface area contributed by atoms with Gasteiger partial charge in [0.1, 0.15) is 12.4 Å². The Hall–Kier alpha value is -2.67. The summed E-state index contributed by atoms with van der Waals surface area (Å²) >= 11 is 0. The molecule has 2 atom stereocenters. The van der Waals surface area contributed by atoms with Crippen molar-refractivity contribution in [2.45, 2.75) is 32.8 Å². The highest BCUT2D eigenvalue weighted by molar-refractivity contribution is 5.80. The summed E-state index contributed by atoms with van der Waals surface area (Å²) in [6.07, 6.45) is 3.44. The lowest BCUT2D eigenvalue weighted by molar-refractivity contribution is -0.671. The first-order valence-electron chi connectivity index (χ1n) is 8.07. The van der Waals surface area contributed by atoms with Crippen LogP contribution in [0, 0.1) is 0 Å². The van der Waals surface area contributed by atoms with Crippen LogP contribution >= 0.6 is 0 Å². The lowest BCUT2D eigenvalue weighted by Crippen LogP contribution is -2.28. The van der Waals surface area contributed by atoms with Gasteiger partial charge in [0.15, 0.2) is 12.8 Å². The maximum absolute atomic E-state index is 12.4. The lowest BCUT2D eigenvalue weighted by atomic mass is 10.1. The van der Waals surface area contributed by atoms with E-state index in [9.17, 15) is 9.59 Å². The fourth-order valence-corrected chi connectivity index (χ4v) is 2.29. The maximum Gasteiger partial charge on any atom is 0.354 e. The van der Waals surface area contributed by atoms with Crippen molar-refractivity contribution in [3.05, 3.63) is 54.6 Å². The Morgan fingerprint density at radius 1 is 1.20 bits per heavy atom. The van der Waals surface area contributed by atoms with Crippen LogP contribution in [0.15, 0.2) is 49.1 Å². The SMILES string of the molecule is CCOC(C)OC(=O)C(OC(=O)Cn1cc[n+](C)c1)c1ccccc1. The van der Waals surface area contributed by atoms with Crippen LogP contribution in [-0.2, 0) is 37.4 Å². The molecule has 0 fully saturated rings. The van der Waals surface area contributed by atoms with Gasteiger partial charge in [-0.3, -0.25) is 0 Å². The molecule has 0 saturated heterocycles. The van der Waals surface area contributed by atoms with Crippen LogP contribution in [0.5, 0.6) is 0 Å². The molecule has 0 radical (unpaired) electrons. The number of aromatic nitrogens is 2. The van der Waals surface area contributed by atoms with Crippen molar-refractivity contribution in [2.75, 3.05) is 6.61 Å². The fraction of sp³-hybridized carbons (Fsp3) is 0.389. The molecule has 134 valence electrons. The van der Waals surface area contributed by atoms with Crippen LogP contribution < -0.4 is 4.57 Å². The molecule has 7 heteroatoms. The van der Waals surface area contributed by atoms with Gasteiger partial charge < -0.3 is 14.2 Å². The zero-order valence-electron chi connectivity index (χ0n) is 14.6. The molecule has 2 unspecified atom stereocenters. The Morgan fingerprint density at radius 3 is 2.52 bits per heavy atom. The number of hydrogen-bond donors (Lipinski definition) is 0. The molecule has 0 aliphatic rings. The van der Waals surface area contributed by atoms with E-state index < -0.39 is 24.3 Å². The van der Waals surface area contributed by atoms with E-state index in [0.29, 0.717) is 12.2 Å². The van der Waals surface area contributed by atoms with E-state index in [0.717, 1.165) is 0 Å². The van der Waals surface area contributed by atoms with Crippen LogP contribution in [0.3, 0.4) is 0 Å². The van der Waals surface area contributed by atoms with E-state index in [-0.39, 0.29) is 6.54 Å². The van der Waals surface area contributed by atoms with Crippen LogP contribution in [0.25, 0.3) is 0 Å². The summed E-state index contributed by atoms with van der Waals surface area (Å²) in [6, 6.07) is 8.76. The number of aryl methyl sites for hydroxylation is 1. The third-order valence-electron chi connectivity index (χ3n) is 3.38. The number of imidazole rings is 1. The third-order valence-corrected chi connectivity index (χ3v) is 3.38. The van der Waals surface area contributed by atoms with E-state index in [4.69, 9.17) is 14.2 Å². The van der Waals surface area contributed by atoms with Gasteiger partial charge in [0, 0.05) is 12.2 Å². The van der Waals surface area contributed by atoms with Gasteiger partial charge in [-0.2, -0.15) is 0 Å². The predicted octanol–water partition coefficient (Wildman–Crippen LogP) is 1.52. The minimum absolute atomic E-state index is 0.00152. The van der Waals surface area contributed by atoms with Gasteiger partial charge in [-0.05, 0) is 13.8 Å². The van der Waals surface area contributed by atoms with Gasteiger partial charge >= 0.3 is 11.9 Å². The number of nitrogens with zero attached hydrogens (tertiary/aromatic N) is 2. The number of hydrogen-bond acceptors (Lipinski definition) is 5. The summed E-state index contributed by atoms with van der Waals surface area (Å²) < 4.78 is 19.3. The maximum atomic E-state index is 12.4. The largest absolute Gasteiger partial charge is 0.442 e. The Labute approximate surface area is 146 Å². The zero-order chi connectivity index (χ0) is 18.2. The molecular weight excluding hydrogens is 324 g/mol. The number of ether oxygens (including phenoxy) is 3. The van der Waals surface area contributed by atoms with Gasteiger partial charge in [-0.15, -0.1) is 0 Å². The second-order valence-corrected chi connectivity index (χ2v) is 5.49. The van der Waals surface area contributed by atoms with Crippen molar-refractivity contribution in [3.8, 4) is 0 Å². The van der Waals surface area contributed by atoms with Gasteiger partial charge in [0.25, 0.3) is 0 Å². The number of esters is 2. The van der Waals surface area contributed by atoms with Crippen LogP contribution in [-0.4, -0.2) is 29.4 Å². The fourth-order valence-electron chi connectivity index (χ4n) is 2.29. The Morgan fingerprint density at radius 2 is 1.92 bits per heavy atom. The van der Waals surface area contributed by atoms with Crippen molar-refractivity contribution >= 4 is 11.9 Å². The van der Waals surface area contributed by atoms with E-state index in [1.807, 2.05) is 13.1 Å². The predicted molar refractivity (Wildman–Crippen MR) is 88.1 cm³/mol. The molecule has 0 saturated carbocycles. The number of carbonyl (C=O) groups excluding carboxylic acids is 2. The van der Waals surface area contributed by atoms with Gasteiger partial charge in [0.2, 0.25) is 12.4 Å². The first-order chi connectivity index (χ1) is 12.0. The smallest absolute Gasteiger partial charge is 0.354 e. The molecule has 25 heavy (non-hydrogen) atoms. The summed E-state index contributed by atoms with van der Waals surface area (Å²) in [7, 11) is 1.85. The van der Waals surface area contributed by atoms with Gasteiger partial charge in [-0.1, -0.05) is 30.3 Å². The summed E-state index contributed by atoms with van der Waals surface area (Å²) in [5.41, 5.74) is 0.544. The molecule has 0 bridgehead atoms. The van der Waals surface area contributed by atoms with E-state index in [1.165, 1.54) is 0 Å². The second kappa shape index (κ2) is 8.98. The highest BCUT2D eigenvalue weighted by atomic mass is 16.7. The Balaban J connectivity index is 2.08. The van der Waals surface area contributed by atoms with Crippen LogP contribution in [0.2, 0.25) is 0 Å². The standard InChI is InChI=1S/C18H23N2O5/c1-4-23-14(2)24-18(22)17(15-8-6-5-7-9-15)25-16(21)12-20-11-10-19(3)13-20/h5-11,13-14,17H,4,12H2,1-3H3/q+1. The second-order valence-electron chi connectivity index (χ2n) is 5.49. The zero-order valence-corrected chi connectivity index (χ0v) is 14.6. The Kier molecular flexibility index (Phi) is 6.71. The lowest BCUT2D eigenvalue weighted by Gasteiger charge is -2.19. The molecule has 1 heterocycles.